The third kappa shape index (κ3) is 3.03. The normalized spacial score (nSPS) is 15.4. The van der Waals surface area contributed by atoms with Crippen LogP contribution in [0, 0.1) is 0 Å². The van der Waals surface area contributed by atoms with E-state index < -0.39 is 15.1 Å². The van der Waals surface area contributed by atoms with E-state index in [9.17, 15) is 8.42 Å². The summed E-state index contributed by atoms with van der Waals surface area (Å²) < 4.78 is 21.3. The van der Waals surface area contributed by atoms with E-state index in [-0.39, 0.29) is 12.4 Å². The smallest absolute Gasteiger partial charge is 0.152 e. The van der Waals surface area contributed by atoms with E-state index in [1.807, 2.05) is 0 Å². The van der Waals surface area contributed by atoms with Crippen molar-refractivity contribution in [2.45, 2.75) is 5.25 Å². The van der Waals surface area contributed by atoms with Crippen molar-refractivity contribution in [3.05, 3.63) is 0 Å². The van der Waals surface area contributed by atoms with E-state index in [2.05, 4.69) is 0 Å². The van der Waals surface area contributed by atoms with Crippen LogP contribution in [0.15, 0.2) is 0 Å². The van der Waals surface area contributed by atoms with Crippen molar-refractivity contribution in [3.8, 4) is 0 Å². The molecule has 0 aromatic heterocycles. The summed E-state index contributed by atoms with van der Waals surface area (Å²) in [5.74, 6) is 0.0787. The van der Waals surface area contributed by atoms with Gasteiger partial charge in [0.15, 0.2) is 9.84 Å². The van der Waals surface area contributed by atoms with Gasteiger partial charge in [0.25, 0.3) is 0 Å². The Labute approximate surface area is 60.1 Å². The summed E-state index contributed by atoms with van der Waals surface area (Å²) in [7, 11) is -3.02. The van der Waals surface area contributed by atoms with Crippen LogP contribution in [0.3, 0.4) is 0 Å². The number of alkyl halides is 1. The Morgan fingerprint density at radius 2 is 2.11 bits per heavy atom. The van der Waals surface area contributed by atoms with Gasteiger partial charge in [0, 0.05) is 18.7 Å². The fraction of sp³-hybridized carbons (Fsp3) is 1.00. The van der Waals surface area contributed by atoms with Gasteiger partial charge >= 0.3 is 0 Å². The van der Waals surface area contributed by atoms with E-state index >= 15 is 0 Å². The van der Waals surface area contributed by atoms with Gasteiger partial charge in [-0.05, 0) is 0 Å². The number of sulfone groups is 1. The summed E-state index contributed by atoms with van der Waals surface area (Å²) in [6.07, 6.45) is 1.13. The molecular formula is C4H10ClNO2S. The lowest BCUT2D eigenvalue weighted by Gasteiger charge is -2.06. The van der Waals surface area contributed by atoms with Gasteiger partial charge in [0.2, 0.25) is 0 Å². The van der Waals surface area contributed by atoms with Gasteiger partial charge in [-0.2, -0.15) is 0 Å². The molecule has 56 valence electrons. The van der Waals surface area contributed by atoms with Gasteiger partial charge in [0.05, 0.1) is 5.25 Å². The van der Waals surface area contributed by atoms with Gasteiger partial charge < -0.3 is 5.73 Å². The van der Waals surface area contributed by atoms with E-state index in [0.29, 0.717) is 0 Å². The van der Waals surface area contributed by atoms with Crippen molar-refractivity contribution in [1.29, 1.82) is 0 Å². The number of rotatable bonds is 3. The Bertz CT molecular complexity index is 161. The highest BCUT2D eigenvalue weighted by Crippen LogP contribution is 1.98. The summed E-state index contributed by atoms with van der Waals surface area (Å²) in [4.78, 5) is 0. The zero-order valence-electron chi connectivity index (χ0n) is 5.17. The zero-order valence-corrected chi connectivity index (χ0v) is 6.74. The van der Waals surface area contributed by atoms with Crippen molar-refractivity contribution in [2.75, 3.05) is 18.7 Å². The molecule has 0 amide bonds. The number of halogens is 1. The Kier molecular flexibility index (Phi) is 3.46. The second-order valence-electron chi connectivity index (χ2n) is 1.84. The van der Waals surface area contributed by atoms with Crippen LogP contribution in [0.2, 0.25) is 0 Å². The highest BCUT2D eigenvalue weighted by atomic mass is 35.5. The lowest BCUT2D eigenvalue weighted by Crippen LogP contribution is -2.30. The van der Waals surface area contributed by atoms with Crippen LogP contribution in [0.5, 0.6) is 0 Å². The second-order valence-corrected chi connectivity index (χ2v) is 4.48. The van der Waals surface area contributed by atoms with Gasteiger partial charge in [-0.1, -0.05) is 0 Å². The van der Waals surface area contributed by atoms with Crippen LogP contribution in [0.1, 0.15) is 0 Å². The summed E-state index contributed by atoms with van der Waals surface area (Å²) in [5.41, 5.74) is 5.11. The van der Waals surface area contributed by atoms with E-state index in [1.54, 1.807) is 0 Å². The van der Waals surface area contributed by atoms with Crippen molar-refractivity contribution in [2.24, 2.45) is 5.73 Å². The molecule has 5 heteroatoms. The number of hydrogen-bond donors (Lipinski definition) is 1. The first-order chi connectivity index (χ1) is 4.02. The van der Waals surface area contributed by atoms with Crippen LogP contribution >= 0.6 is 11.6 Å². The monoisotopic (exact) mass is 171 g/mol. The zero-order chi connectivity index (χ0) is 7.49. The topological polar surface area (TPSA) is 60.2 Å². The van der Waals surface area contributed by atoms with Crippen LogP contribution in [0.25, 0.3) is 0 Å². The molecule has 0 radical (unpaired) electrons. The molecule has 0 heterocycles. The van der Waals surface area contributed by atoms with Gasteiger partial charge in [-0.25, -0.2) is 8.42 Å². The number of hydrogen-bond acceptors (Lipinski definition) is 3. The minimum atomic E-state index is -3.02. The maximum atomic E-state index is 10.6. The predicted octanol–water partition coefficient (Wildman–Crippen LogP) is -0.403. The lowest BCUT2D eigenvalue weighted by molar-refractivity contribution is 0.590. The summed E-state index contributed by atoms with van der Waals surface area (Å²) >= 11 is 5.29. The third-order valence-corrected chi connectivity index (χ3v) is 3.17. The maximum absolute atomic E-state index is 10.6. The molecule has 0 saturated heterocycles. The third-order valence-electron chi connectivity index (χ3n) is 1.04. The SMILES string of the molecule is CS(=O)(=O)C(CN)CCl. The predicted molar refractivity (Wildman–Crippen MR) is 38.4 cm³/mol. The minimum Gasteiger partial charge on any atom is -0.329 e. The first-order valence-corrected chi connectivity index (χ1v) is 4.96. The molecule has 2 N–H and O–H groups in total. The molecule has 1 unspecified atom stereocenters. The van der Waals surface area contributed by atoms with Crippen molar-refractivity contribution >= 4 is 21.4 Å². The highest BCUT2D eigenvalue weighted by Gasteiger charge is 2.16. The van der Waals surface area contributed by atoms with E-state index in [1.165, 1.54) is 0 Å². The minimum absolute atomic E-state index is 0.0787. The molecule has 0 bridgehead atoms. The molecule has 0 rings (SSSR count). The van der Waals surface area contributed by atoms with Gasteiger partial charge in [0.1, 0.15) is 0 Å². The summed E-state index contributed by atoms with van der Waals surface area (Å²) in [6, 6.07) is 0. The molecule has 0 aliphatic rings. The molecule has 3 nitrogen and oxygen atoms in total. The Morgan fingerprint density at radius 1 is 1.67 bits per heavy atom. The molecule has 0 aliphatic carbocycles. The lowest BCUT2D eigenvalue weighted by atomic mass is 10.5. The molecule has 0 aromatic carbocycles. The standard InChI is InChI=1S/C4H10ClNO2S/c1-9(7,8)4(2-5)3-6/h4H,2-3,6H2,1H3. The van der Waals surface area contributed by atoms with Crippen molar-refractivity contribution < 1.29 is 8.42 Å². The quantitative estimate of drug-likeness (QED) is 0.588. The average Bonchev–Trinajstić information content (AvgIpc) is 1.65. The largest absolute Gasteiger partial charge is 0.329 e. The first-order valence-electron chi connectivity index (χ1n) is 2.47. The summed E-state index contributed by atoms with van der Waals surface area (Å²) in [5, 5.41) is -0.584. The van der Waals surface area contributed by atoms with Gasteiger partial charge in [-0.3, -0.25) is 0 Å². The average molecular weight is 172 g/mol. The Balaban J connectivity index is 4.14. The van der Waals surface area contributed by atoms with Gasteiger partial charge in [-0.15, -0.1) is 11.6 Å². The molecule has 1 atom stereocenters. The number of nitrogens with two attached hydrogens (primary N) is 1. The van der Waals surface area contributed by atoms with Crippen LogP contribution < -0.4 is 5.73 Å². The molecule has 0 spiro atoms. The van der Waals surface area contributed by atoms with E-state index in [0.717, 1.165) is 6.26 Å². The van der Waals surface area contributed by atoms with Crippen LogP contribution in [-0.4, -0.2) is 32.3 Å². The molecule has 0 aliphatic heterocycles. The summed E-state index contributed by atoms with van der Waals surface area (Å²) in [6.45, 7) is 0.0995. The van der Waals surface area contributed by atoms with Crippen molar-refractivity contribution in [1.82, 2.24) is 0 Å². The Hall–Kier alpha value is 0.200. The van der Waals surface area contributed by atoms with E-state index in [4.69, 9.17) is 17.3 Å². The maximum Gasteiger partial charge on any atom is 0.152 e. The van der Waals surface area contributed by atoms with Crippen LogP contribution in [-0.2, 0) is 9.84 Å². The highest BCUT2D eigenvalue weighted by molar-refractivity contribution is 7.91. The fourth-order valence-electron chi connectivity index (χ4n) is 0.352. The molecule has 9 heavy (non-hydrogen) atoms. The first kappa shape index (κ1) is 9.20. The molecule has 0 saturated carbocycles. The van der Waals surface area contributed by atoms with Crippen molar-refractivity contribution in [3.63, 3.8) is 0 Å². The molecule has 0 aromatic rings. The van der Waals surface area contributed by atoms with Crippen LogP contribution in [0.4, 0.5) is 0 Å². The fourth-order valence-corrected chi connectivity index (χ4v) is 1.74. The Morgan fingerprint density at radius 3 is 2.11 bits per heavy atom. The molecule has 0 fully saturated rings. The molecular weight excluding hydrogens is 162 g/mol. The second kappa shape index (κ2) is 3.39.